The Kier molecular flexibility index (Phi) is 28.0. The molecule has 0 aromatic carbocycles. The molecule has 0 amide bonds. The Hall–Kier alpha value is -0.660. The molecule has 0 saturated heterocycles. The Morgan fingerprint density at radius 2 is 0.529 bits per heavy atom. The third kappa shape index (κ3) is 27.6. The Morgan fingerprint density at radius 3 is 0.765 bits per heavy atom. The average Bonchev–Trinajstić information content (AvgIpc) is 2.82. The van der Waals surface area contributed by atoms with Crippen LogP contribution < -0.4 is 0 Å². The molecule has 0 atom stereocenters. The first-order chi connectivity index (χ1) is 16.7. The molecule has 0 bridgehead atoms. The van der Waals surface area contributed by atoms with Crippen molar-refractivity contribution in [3.8, 4) is 0 Å². The van der Waals surface area contributed by atoms with Crippen LogP contribution in [0.3, 0.4) is 0 Å². The van der Waals surface area contributed by atoms with E-state index in [4.69, 9.17) is 0 Å². The maximum Gasteiger partial charge on any atom is 0.140 e. The Morgan fingerprint density at radius 1 is 0.324 bits per heavy atom. The molecular formula is C32H62O2. The van der Waals surface area contributed by atoms with Crippen LogP contribution in [0.5, 0.6) is 0 Å². The molecule has 202 valence electrons. The second kappa shape index (κ2) is 28.6. The lowest BCUT2D eigenvalue weighted by Gasteiger charge is -2.04. The molecule has 0 radical (unpaired) electrons. The number of carbonyl (C=O) groups is 2. The van der Waals surface area contributed by atoms with Crippen molar-refractivity contribution in [3.05, 3.63) is 0 Å². The number of Topliss-reactive ketones (excluding diaryl/α,β-unsaturated/α-hetero) is 2. The van der Waals surface area contributed by atoms with Crippen molar-refractivity contribution in [3.63, 3.8) is 0 Å². The minimum Gasteiger partial charge on any atom is -0.299 e. The molecule has 2 heteroatoms. The van der Waals surface area contributed by atoms with Gasteiger partial charge in [0, 0.05) is 12.8 Å². The van der Waals surface area contributed by atoms with Crippen LogP contribution in [-0.2, 0) is 9.59 Å². The van der Waals surface area contributed by atoms with E-state index in [-0.39, 0.29) is 18.0 Å². The maximum atomic E-state index is 12.0. The van der Waals surface area contributed by atoms with Gasteiger partial charge in [0.05, 0.1) is 6.42 Å². The van der Waals surface area contributed by atoms with Gasteiger partial charge in [0.2, 0.25) is 0 Å². The summed E-state index contributed by atoms with van der Waals surface area (Å²) in [4.78, 5) is 24.1. The monoisotopic (exact) mass is 478 g/mol. The van der Waals surface area contributed by atoms with Gasteiger partial charge >= 0.3 is 0 Å². The van der Waals surface area contributed by atoms with Gasteiger partial charge in [0.1, 0.15) is 11.6 Å². The van der Waals surface area contributed by atoms with Gasteiger partial charge in [0.25, 0.3) is 0 Å². The van der Waals surface area contributed by atoms with E-state index in [1.807, 2.05) is 0 Å². The highest BCUT2D eigenvalue weighted by molar-refractivity contribution is 5.98. The van der Waals surface area contributed by atoms with E-state index < -0.39 is 0 Å². The molecule has 0 aliphatic heterocycles. The lowest BCUT2D eigenvalue weighted by molar-refractivity contribution is -0.127. The van der Waals surface area contributed by atoms with Gasteiger partial charge in [-0.3, -0.25) is 9.59 Å². The first-order valence-corrected chi connectivity index (χ1v) is 15.7. The molecule has 34 heavy (non-hydrogen) atoms. The summed E-state index contributed by atoms with van der Waals surface area (Å²) < 4.78 is 0. The minimum atomic E-state index is 0.172. The molecule has 0 rings (SSSR count). The molecule has 0 aromatic rings. The summed E-state index contributed by atoms with van der Waals surface area (Å²) in [6.45, 7) is 4.54. The zero-order chi connectivity index (χ0) is 25.0. The number of carbonyl (C=O) groups excluding carboxylic acids is 2. The fraction of sp³-hybridized carbons (Fsp3) is 0.938. The van der Waals surface area contributed by atoms with Gasteiger partial charge in [-0.2, -0.15) is 0 Å². The summed E-state index contributed by atoms with van der Waals surface area (Å²) >= 11 is 0. The van der Waals surface area contributed by atoms with Crippen LogP contribution in [0.25, 0.3) is 0 Å². The summed E-state index contributed by atoms with van der Waals surface area (Å²) in [6, 6.07) is 0. The first kappa shape index (κ1) is 33.3. The number of rotatable bonds is 29. The van der Waals surface area contributed by atoms with Crippen LogP contribution in [0.2, 0.25) is 0 Å². The lowest BCUT2D eigenvalue weighted by Crippen LogP contribution is -2.07. The number of unbranched alkanes of at least 4 members (excludes halogenated alkanes) is 23. The fourth-order valence-corrected chi connectivity index (χ4v) is 4.90. The second-order valence-corrected chi connectivity index (χ2v) is 10.9. The normalized spacial score (nSPS) is 11.2. The number of hydrogen-bond acceptors (Lipinski definition) is 2. The summed E-state index contributed by atoms with van der Waals surface area (Å²) in [5.74, 6) is 0.345. The molecule has 0 saturated carbocycles. The molecule has 0 aliphatic rings. The zero-order valence-electron chi connectivity index (χ0n) is 23.6. The van der Waals surface area contributed by atoms with Gasteiger partial charge < -0.3 is 0 Å². The van der Waals surface area contributed by atoms with Crippen LogP contribution >= 0.6 is 0 Å². The smallest absolute Gasteiger partial charge is 0.140 e. The second-order valence-electron chi connectivity index (χ2n) is 10.9. The topological polar surface area (TPSA) is 34.1 Å². The molecular weight excluding hydrogens is 416 g/mol. The third-order valence-corrected chi connectivity index (χ3v) is 7.26. The van der Waals surface area contributed by atoms with Crippen molar-refractivity contribution in [2.24, 2.45) is 0 Å². The summed E-state index contributed by atoms with van der Waals surface area (Å²) in [6.07, 6.45) is 34.4. The van der Waals surface area contributed by atoms with E-state index in [2.05, 4.69) is 13.8 Å². The van der Waals surface area contributed by atoms with E-state index in [9.17, 15) is 9.59 Å². The predicted octanol–water partition coefficient (Wildman–Crippen LogP) is 11.1. The molecule has 0 fully saturated rings. The predicted molar refractivity (Wildman–Crippen MR) is 151 cm³/mol. The Bertz CT molecular complexity index is 429. The standard InChI is InChI=1S/C32H62O2/c1-3-5-7-9-11-13-15-16-17-18-19-21-23-25-27-29-32(34)30-31(33)28-26-24-22-20-14-12-10-8-6-4-2/h3-30H2,1-2H3. The van der Waals surface area contributed by atoms with Crippen molar-refractivity contribution in [2.75, 3.05) is 0 Å². The lowest BCUT2D eigenvalue weighted by atomic mass is 10.0. The van der Waals surface area contributed by atoms with Gasteiger partial charge in [0.15, 0.2) is 0 Å². The van der Waals surface area contributed by atoms with Crippen LogP contribution in [0.1, 0.15) is 194 Å². The fourth-order valence-electron chi connectivity index (χ4n) is 4.90. The van der Waals surface area contributed by atoms with Gasteiger partial charge in [-0.25, -0.2) is 0 Å². The van der Waals surface area contributed by atoms with E-state index >= 15 is 0 Å². The van der Waals surface area contributed by atoms with Crippen LogP contribution in [0, 0.1) is 0 Å². The highest BCUT2D eigenvalue weighted by Crippen LogP contribution is 2.15. The summed E-state index contributed by atoms with van der Waals surface area (Å²) in [7, 11) is 0. The maximum absolute atomic E-state index is 12.0. The van der Waals surface area contributed by atoms with E-state index in [1.54, 1.807) is 0 Å². The Labute approximate surface area is 214 Å². The molecule has 0 spiro atoms. The van der Waals surface area contributed by atoms with Crippen molar-refractivity contribution in [2.45, 2.75) is 194 Å². The molecule has 2 nitrogen and oxygen atoms in total. The molecule has 0 heterocycles. The minimum absolute atomic E-state index is 0.172. The number of ketones is 2. The van der Waals surface area contributed by atoms with Crippen molar-refractivity contribution in [1.82, 2.24) is 0 Å². The number of hydrogen-bond donors (Lipinski definition) is 0. The van der Waals surface area contributed by atoms with Crippen LogP contribution in [0.4, 0.5) is 0 Å². The largest absolute Gasteiger partial charge is 0.299 e. The quantitative estimate of drug-likeness (QED) is 0.0791. The van der Waals surface area contributed by atoms with Crippen molar-refractivity contribution < 1.29 is 9.59 Å². The molecule has 0 N–H and O–H groups in total. The van der Waals surface area contributed by atoms with Crippen molar-refractivity contribution in [1.29, 1.82) is 0 Å². The summed E-state index contributed by atoms with van der Waals surface area (Å²) in [5.41, 5.74) is 0. The molecule has 0 aromatic heterocycles. The molecule has 0 unspecified atom stereocenters. The summed E-state index contributed by atoms with van der Waals surface area (Å²) in [5, 5.41) is 0. The highest BCUT2D eigenvalue weighted by atomic mass is 16.1. The first-order valence-electron chi connectivity index (χ1n) is 15.7. The average molecular weight is 479 g/mol. The van der Waals surface area contributed by atoms with Gasteiger partial charge in [-0.15, -0.1) is 0 Å². The third-order valence-electron chi connectivity index (χ3n) is 7.26. The van der Waals surface area contributed by atoms with E-state index in [1.165, 1.54) is 135 Å². The SMILES string of the molecule is CCCCCCCCCCCCCCCCCC(=O)CC(=O)CCCCCCCCCCCC. The molecule has 0 aliphatic carbocycles. The zero-order valence-corrected chi connectivity index (χ0v) is 23.6. The van der Waals surface area contributed by atoms with E-state index in [0.717, 1.165) is 25.7 Å². The Balaban J connectivity index is 3.28. The van der Waals surface area contributed by atoms with Crippen molar-refractivity contribution >= 4 is 11.6 Å². The van der Waals surface area contributed by atoms with Gasteiger partial charge in [-0.1, -0.05) is 162 Å². The van der Waals surface area contributed by atoms with Gasteiger partial charge in [-0.05, 0) is 12.8 Å². The van der Waals surface area contributed by atoms with E-state index in [0.29, 0.717) is 12.8 Å². The van der Waals surface area contributed by atoms with Crippen LogP contribution in [0.15, 0.2) is 0 Å². The highest BCUT2D eigenvalue weighted by Gasteiger charge is 2.09. The van der Waals surface area contributed by atoms with Crippen LogP contribution in [-0.4, -0.2) is 11.6 Å².